The number of hydrogen-bond acceptors (Lipinski definition) is 14. The molecule has 0 saturated carbocycles. The van der Waals surface area contributed by atoms with Crippen LogP contribution in [0.2, 0.25) is 0 Å². The molecule has 5 rings (SSSR count). The van der Waals surface area contributed by atoms with Gasteiger partial charge in [-0.2, -0.15) is 5.10 Å². The Hall–Kier alpha value is -5.12. The number of ether oxygens (including phenoxy) is 4. The van der Waals surface area contributed by atoms with Gasteiger partial charge in [0.15, 0.2) is 5.75 Å². The molecule has 3 aliphatic rings. The van der Waals surface area contributed by atoms with Crippen LogP contribution < -0.4 is 10.1 Å². The molecule has 0 aliphatic carbocycles. The van der Waals surface area contributed by atoms with Crippen LogP contribution in [0, 0.1) is 30.6 Å². The van der Waals surface area contributed by atoms with Crippen LogP contribution in [0.5, 0.6) is 23.0 Å². The van der Waals surface area contributed by atoms with Crippen molar-refractivity contribution < 1.29 is 58.9 Å². The van der Waals surface area contributed by atoms with Crippen LogP contribution in [-0.4, -0.2) is 105 Å². The summed E-state index contributed by atoms with van der Waals surface area (Å²) in [6.45, 7) is 18.0. The lowest BCUT2D eigenvalue weighted by Gasteiger charge is -2.38. The number of nitrogens with one attached hydrogen (secondary N) is 1. The van der Waals surface area contributed by atoms with E-state index in [1.54, 1.807) is 39.8 Å². The highest BCUT2D eigenvalue weighted by Gasteiger charge is 2.50. The van der Waals surface area contributed by atoms with Gasteiger partial charge in [-0.25, -0.2) is 0 Å². The molecule has 0 saturated heterocycles. The number of aliphatic hydroxyl groups is 2. The van der Waals surface area contributed by atoms with Gasteiger partial charge in [0.05, 0.1) is 53.0 Å². The van der Waals surface area contributed by atoms with E-state index >= 15 is 0 Å². The predicted octanol–water partition coefficient (Wildman–Crippen LogP) is 7.77. The van der Waals surface area contributed by atoms with Crippen molar-refractivity contribution in [3.8, 4) is 23.0 Å². The van der Waals surface area contributed by atoms with Crippen molar-refractivity contribution in [1.82, 2.24) is 5.01 Å². The number of benzene rings is 2. The van der Waals surface area contributed by atoms with Gasteiger partial charge < -0.3 is 49.8 Å². The molecule has 0 unspecified atom stereocenters. The van der Waals surface area contributed by atoms with Crippen LogP contribution in [0.1, 0.15) is 122 Å². The fourth-order valence-electron chi connectivity index (χ4n) is 8.33. The number of hydrogen-bond donors (Lipinski definition) is 6. The number of allylic oxidation sites excluding steroid dienone is 2. The molecule has 0 spiro atoms. The number of carbonyl (C=O) groups is 3. The molecule has 0 radical (unpaired) electrons. The topological polar surface area (TPSA) is 217 Å². The van der Waals surface area contributed by atoms with E-state index in [1.165, 1.54) is 59.4 Å². The normalized spacial score (nSPS) is 28.9. The number of fused-ring (bicyclic) bond motifs is 14. The van der Waals surface area contributed by atoms with Crippen LogP contribution >= 0.6 is 0 Å². The van der Waals surface area contributed by atoms with E-state index in [2.05, 4.69) is 19.2 Å². The lowest BCUT2D eigenvalue weighted by atomic mass is 9.78. The number of anilines is 1. The number of aliphatic hydroxyl groups excluding tert-OH is 2. The monoisotopic (exact) mass is 879 g/mol. The maximum absolute atomic E-state index is 14.6. The molecule has 0 aromatic heterocycles. The van der Waals surface area contributed by atoms with Gasteiger partial charge in [-0.05, 0) is 32.8 Å². The number of aromatic hydroxyl groups is 3. The zero-order chi connectivity index (χ0) is 46.9. The minimum absolute atomic E-state index is 0.0611. The highest BCUT2D eigenvalue weighted by molar-refractivity contribution is 6.23. The van der Waals surface area contributed by atoms with Crippen molar-refractivity contribution in [3.05, 3.63) is 52.8 Å². The summed E-state index contributed by atoms with van der Waals surface area (Å²) in [5, 5.41) is 67.7. The van der Waals surface area contributed by atoms with Gasteiger partial charge in [-0.1, -0.05) is 85.5 Å². The van der Waals surface area contributed by atoms with Crippen LogP contribution in [0.25, 0.3) is 10.8 Å². The summed E-state index contributed by atoms with van der Waals surface area (Å²) in [5.74, 6) is -8.30. The molecule has 348 valence electrons. The van der Waals surface area contributed by atoms with E-state index in [0.29, 0.717) is 13.1 Å². The molecule has 2 aromatic rings. The van der Waals surface area contributed by atoms with Crippen molar-refractivity contribution >= 4 is 40.3 Å². The Morgan fingerprint density at radius 1 is 0.905 bits per heavy atom. The molecule has 9 atom stereocenters. The van der Waals surface area contributed by atoms with E-state index in [-0.39, 0.29) is 44.5 Å². The SMILES string of the molecule is CCCCCN(CCCCC)N=Cc1c2c(O)c3c(O)c(C)c4c(c3c1O)C(=O)[C@@](C)(O/C=C/[C@H](OC)[C@@H](C)[C@@H](OC(C)=O)[C@H](C)[C@H](O)[C@H](C)[C@@H](O)[C@@H](C)/C=C/C=C(/C)C(=O)N2)O4. The van der Waals surface area contributed by atoms with Crippen LogP contribution in [0.15, 0.2) is 41.2 Å². The van der Waals surface area contributed by atoms with E-state index in [4.69, 9.17) is 24.0 Å². The van der Waals surface area contributed by atoms with Crippen molar-refractivity contribution in [2.75, 3.05) is 25.5 Å². The predicted molar refractivity (Wildman–Crippen MR) is 242 cm³/mol. The Morgan fingerprint density at radius 2 is 1.54 bits per heavy atom. The summed E-state index contributed by atoms with van der Waals surface area (Å²) in [4.78, 5) is 40.8. The zero-order valence-corrected chi connectivity index (χ0v) is 38.7. The second kappa shape index (κ2) is 22.0. The lowest BCUT2D eigenvalue weighted by molar-refractivity contribution is -0.160. The molecule has 3 aliphatic heterocycles. The van der Waals surface area contributed by atoms with Gasteiger partial charge in [0.25, 0.3) is 11.7 Å². The minimum atomic E-state index is -2.05. The third-order valence-corrected chi connectivity index (χ3v) is 12.4. The van der Waals surface area contributed by atoms with E-state index in [1.807, 2.05) is 5.01 Å². The number of amides is 1. The van der Waals surface area contributed by atoms with Crippen molar-refractivity contribution in [1.29, 1.82) is 0 Å². The van der Waals surface area contributed by atoms with Gasteiger partial charge in [0, 0.05) is 74.2 Å². The van der Waals surface area contributed by atoms with Crippen LogP contribution in [0.4, 0.5) is 5.69 Å². The molecule has 63 heavy (non-hydrogen) atoms. The fourth-order valence-corrected chi connectivity index (χ4v) is 8.33. The van der Waals surface area contributed by atoms with Crippen molar-refractivity contribution in [3.63, 3.8) is 0 Å². The molecule has 15 heteroatoms. The summed E-state index contributed by atoms with van der Waals surface area (Å²) in [5.41, 5.74) is -0.303. The number of carbonyl (C=O) groups excluding carboxylic acids is 3. The maximum Gasteiger partial charge on any atom is 0.312 e. The second-order valence-corrected chi connectivity index (χ2v) is 17.2. The second-order valence-electron chi connectivity index (χ2n) is 17.2. The maximum atomic E-state index is 14.6. The van der Waals surface area contributed by atoms with Gasteiger partial charge in [0.1, 0.15) is 23.4 Å². The molecule has 2 aromatic carbocycles. The standard InChI is InChI=1S/C48H69N3O12/c1-12-14-16-22-51(23-17-15-13-2)49-25-33-38-43(57)36-35(42(33)56)37-45(31(8)41(36)55)63-48(10,46(37)58)61-24-21-34(60-11)28(5)44(62-32(9)52)30(7)40(54)29(6)39(53)26(3)19-18-20-27(4)47(59)50-38/h18-21,24-26,28-30,34,39-40,44,53-57H,12-17,22-23H2,1-11H3,(H,50,59)/b19-18+,24-21+,27-20-,49-25?/t26-,28+,29+,30+,34-,39-,40+,44+,48-/m0/s1. The number of phenols is 3. The van der Waals surface area contributed by atoms with E-state index in [9.17, 15) is 39.9 Å². The number of methoxy groups -OCH3 is 1. The minimum Gasteiger partial charge on any atom is -0.507 e. The van der Waals surface area contributed by atoms with Gasteiger partial charge in [-0.15, -0.1) is 0 Å². The lowest BCUT2D eigenvalue weighted by Crippen LogP contribution is -2.46. The van der Waals surface area contributed by atoms with Crippen molar-refractivity contribution in [2.24, 2.45) is 28.8 Å². The molecule has 1 amide bonds. The Morgan fingerprint density at radius 3 is 2.13 bits per heavy atom. The summed E-state index contributed by atoms with van der Waals surface area (Å²) >= 11 is 0. The third kappa shape index (κ3) is 11.2. The Labute approximate surface area is 371 Å². The Kier molecular flexibility index (Phi) is 17.6. The number of ketones is 1. The number of rotatable bonds is 12. The van der Waals surface area contributed by atoms with Crippen LogP contribution in [-0.2, 0) is 23.8 Å². The largest absolute Gasteiger partial charge is 0.507 e. The molecule has 6 N–H and O–H groups in total. The highest BCUT2D eigenvalue weighted by atomic mass is 16.7. The number of nitrogens with zero attached hydrogens (tertiary/aromatic N) is 2. The third-order valence-electron chi connectivity index (χ3n) is 12.4. The first-order valence-electron chi connectivity index (χ1n) is 22.1. The first kappa shape index (κ1) is 50.5. The van der Waals surface area contributed by atoms with E-state index in [0.717, 1.165) is 38.5 Å². The number of Topliss-reactive ketones (excluding diaryl/α,β-unsaturated/α-hetero) is 1. The van der Waals surface area contributed by atoms with Gasteiger partial charge >= 0.3 is 11.8 Å². The van der Waals surface area contributed by atoms with Gasteiger partial charge in [0.2, 0.25) is 0 Å². The molecular formula is C48H69N3O12. The number of esters is 1. The summed E-state index contributed by atoms with van der Waals surface area (Å²) in [6.07, 6.45) is 10.6. The molecular weight excluding hydrogens is 811 g/mol. The van der Waals surface area contributed by atoms with Gasteiger partial charge in [-0.3, -0.25) is 19.4 Å². The summed E-state index contributed by atoms with van der Waals surface area (Å²) in [7, 11) is 1.44. The number of phenolic OH excluding ortho intramolecular Hbond substituents is 3. The number of unbranched alkanes of at least 4 members (excludes halogenated alkanes) is 4. The number of hydrazone groups is 1. The highest BCUT2D eigenvalue weighted by Crippen LogP contribution is 2.55. The molecule has 5 bridgehead atoms. The van der Waals surface area contributed by atoms with E-state index < -0.39 is 88.8 Å². The first-order chi connectivity index (χ1) is 29.8. The average Bonchev–Trinajstić information content (AvgIpc) is 3.51. The average molecular weight is 880 g/mol. The Balaban J connectivity index is 1.99. The molecule has 0 fully saturated rings. The van der Waals surface area contributed by atoms with Crippen molar-refractivity contribution in [2.45, 2.75) is 138 Å². The smallest absolute Gasteiger partial charge is 0.312 e. The molecule has 15 nitrogen and oxygen atoms in total. The fraction of sp³-hybridized carbons (Fsp3) is 0.583. The Bertz CT molecular complexity index is 2090. The zero-order valence-electron chi connectivity index (χ0n) is 38.7. The molecule has 3 heterocycles. The summed E-state index contributed by atoms with van der Waals surface area (Å²) < 4.78 is 23.7. The summed E-state index contributed by atoms with van der Waals surface area (Å²) in [6, 6.07) is 0. The van der Waals surface area contributed by atoms with Crippen LogP contribution in [0.3, 0.4) is 0 Å². The first-order valence-corrected chi connectivity index (χ1v) is 22.1. The quantitative estimate of drug-likeness (QED) is 0.0300.